The van der Waals surface area contributed by atoms with Gasteiger partial charge in [-0.15, -0.1) is 0 Å². The Bertz CT molecular complexity index is 1440. The lowest BCUT2D eigenvalue weighted by atomic mass is 10.2. The summed E-state index contributed by atoms with van der Waals surface area (Å²) in [6.45, 7) is 2.87. The Hall–Kier alpha value is -4.82. The summed E-state index contributed by atoms with van der Waals surface area (Å²) in [5.74, 6) is 1.59. The molecular weight excluding hydrogens is 532 g/mol. The maximum absolute atomic E-state index is 13.1. The summed E-state index contributed by atoms with van der Waals surface area (Å²) in [5, 5.41) is 18.9. The molecule has 0 unspecified atom stereocenters. The van der Waals surface area contributed by atoms with E-state index in [-0.39, 0.29) is 35.6 Å². The van der Waals surface area contributed by atoms with Crippen molar-refractivity contribution in [2.45, 2.75) is 13.5 Å². The highest BCUT2D eigenvalue weighted by Crippen LogP contribution is 2.32. The lowest BCUT2D eigenvalue weighted by Crippen LogP contribution is -2.25. The molecule has 3 aromatic rings. The average Bonchev–Trinajstić information content (AvgIpc) is 3.44. The summed E-state index contributed by atoms with van der Waals surface area (Å²) in [6, 6.07) is 21.3. The Kier molecular flexibility index (Phi) is 9.74. The van der Waals surface area contributed by atoms with E-state index >= 15 is 0 Å². The molecule has 1 heterocycles. The molecule has 0 fully saturated rings. The normalized spacial score (nSPS) is 12.0. The highest BCUT2D eigenvalue weighted by molar-refractivity contribution is 8.03. The highest BCUT2D eigenvalue weighted by Gasteiger charge is 2.19. The van der Waals surface area contributed by atoms with E-state index in [4.69, 9.17) is 18.9 Å². The second kappa shape index (κ2) is 13.8. The van der Waals surface area contributed by atoms with Crippen molar-refractivity contribution < 1.29 is 28.5 Å². The van der Waals surface area contributed by atoms with E-state index in [1.165, 1.54) is 7.11 Å². The molecule has 2 amide bonds. The molecule has 0 bridgehead atoms. The summed E-state index contributed by atoms with van der Waals surface area (Å²) in [5.41, 5.74) is 1.75. The maximum Gasteiger partial charge on any atom is 0.269 e. The standard InChI is InChI=1S/C29H28N4O6S/c1-3-37-22-10-8-20(9-11-22)33-29(24(15-30)28(35)32-21-5-4-6-23(14-21)36-2)40-17-27(34)31-16-19-7-12-25-26(13-19)39-18-38-25/h4-14,33H,3,16-18H2,1-2H3,(H,31,34)(H,32,35). The Morgan fingerprint density at radius 3 is 2.52 bits per heavy atom. The van der Waals surface area contributed by atoms with Crippen molar-refractivity contribution in [3.63, 3.8) is 0 Å². The van der Waals surface area contributed by atoms with E-state index in [1.807, 2.05) is 25.1 Å². The summed E-state index contributed by atoms with van der Waals surface area (Å²) in [6.07, 6.45) is 0. The van der Waals surface area contributed by atoms with Crippen LogP contribution in [0, 0.1) is 11.3 Å². The van der Waals surface area contributed by atoms with Crippen LogP contribution in [0.4, 0.5) is 11.4 Å². The molecular formula is C29H28N4O6S. The number of benzene rings is 3. The van der Waals surface area contributed by atoms with Gasteiger partial charge in [0.05, 0.1) is 24.5 Å². The van der Waals surface area contributed by atoms with Crippen LogP contribution in [0.2, 0.25) is 0 Å². The first-order chi connectivity index (χ1) is 19.5. The highest BCUT2D eigenvalue weighted by atomic mass is 32.2. The zero-order chi connectivity index (χ0) is 28.3. The molecule has 11 heteroatoms. The number of ether oxygens (including phenoxy) is 4. The van der Waals surface area contributed by atoms with Crippen LogP contribution in [0.3, 0.4) is 0 Å². The van der Waals surface area contributed by atoms with E-state index in [1.54, 1.807) is 54.6 Å². The molecule has 0 saturated heterocycles. The molecule has 206 valence electrons. The molecule has 0 saturated carbocycles. The molecule has 0 aliphatic carbocycles. The summed E-state index contributed by atoms with van der Waals surface area (Å²) in [7, 11) is 1.52. The molecule has 4 rings (SSSR count). The van der Waals surface area contributed by atoms with Gasteiger partial charge in [-0.3, -0.25) is 9.59 Å². The number of nitriles is 1. The summed E-state index contributed by atoms with van der Waals surface area (Å²) >= 11 is 1.05. The number of hydrogen-bond donors (Lipinski definition) is 3. The molecule has 0 atom stereocenters. The fourth-order valence-corrected chi connectivity index (χ4v) is 4.49. The fraction of sp³-hybridized carbons (Fsp3) is 0.207. The van der Waals surface area contributed by atoms with E-state index in [0.29, 0.717) is 41.0 Å². The Balaban J connectivity index is 1.48. The molecule has 0 aromatic heterocycles. The van der Waals surface area contributed by atoms with Gasteiger partial charge < -0.3 is 34.9 Å². The van der Waals surface area contributed by atoms with E-state index in [0.717, 1.165) is 17.3 Å². The second-order valence-corrected chi connectivity index (χ2v) is 9.32. The van der Waals surface area contributed by atoms with E-state index < -0.39 is 5.91 Å². The minimum Gasteiger partial charge on any atom is -0.497 e. The predicted octanol–water partition coefficient (Wildman–Crippen LogP) is 4.66. The lowest BCUT2D eigenvalue weighted by Gasteiger charge is -2.14. The smallest absolute Gasteiger partial charge is 0.269 e. The molecule has 1 aliphatic heterocycles. The van der Waals surface area contributed by atoms with Crippen molar-refractivity contribution in [2.24, 2.45) is 0 Å². The zero-order valence-electron chi connectivity index (χ0n) is 22.0. The number of thioether (sulfide) groups is 1. The number of rotatable bonds is 12. The number of carbonyl (C=O) groups is 2. The van der Waals surface area contributed by atoms with Crippen LogP contribution in [0.25, 0.3) is 0 Å². The van der Waals surface area contributed by atoms with Gasteiger partial charge in [-0.05, 0) is 61.0 Å². The van der Waals surface area contributed by atoms with Crippen molar-refractivity contribution >= 4 is 35.0 Å². The number of nitrogens with one attached hydrogen (secondary N) is 3. The monoisotopic (exact) mass is 560 g/mol. The van der Waals surface area contributed by atoms with Crippen LogP contribution in [-0.4, -0.2) is 38.1 Å². The zero-order valence-corrected chi connectivity index (χ0v) is 22.8. The molecule has 3 aromatic carbocycles. The number of carbonyl (C=O) groups excluding carboxylic acids is 2. The first-order valence-electron chi connectivity index (χ1n) is 12.4. The van der Waals surface area contributed by atoms with Gasteiger partial charge in [0.2, 0.25) is 12.7 Å². The van der Waals surface area contributed by atoms with Crippen molar-refractivity contribution in [1.29, 1.82) is 5.26 Å². The van der Waals surface area contributed by atoms with E-state index in [2.05, 4.69) is 16.0 Å². The third-order valence-electron chi connectivity index (χ3n) is 5.59. The minimum atomic E-state index is -0.627. The molecule has 0 radical (unpaired) electrons. The minimum absolute atomic E-state index is 0.0401. The lowest BCUT2D eigenvalue weighted by molar-refractivity contribution is -0.118. The molecule has 0 spiro atoms. The van der Waals surface area contributed by atoms with Crippen molar-refractivity contribution in [2.75, 3.05) is 36.9 Å². The molecule has 1 aliphatic rings. The Labute approximate surface area is 236 Å². The molecule has 40 heavy (non-hydrogen) atoms. The predicted molar refractivity (Wildman–Crippen MR) is 152 cm³/mol. The van der Waals surface area contributed by atoms with Gasteiger partial charge in [0.1, 0.15) is 23.1 Å². The Morgan fingerprint density at radius 2 is 1.77 bits per heavy atom. The number of methoxy groups -OCH3 is 1. The van der Waals surface area contributed by atoms with Crippen LogP contribution < -0.4 is 34.9 Å². The van der Waals surface area contributed by atoms with Gasteiger partial charge >= 0.3 is 0 Å². The number of anilines is 2. The quantitative estimate of drug-likeness (QED) is 0.214. The van der Waals surface area contributed by atoms with Crippen molar-refractivity contribution in [1.82, 2.24) is 5.32 Å². The topological polar surface area (TPSA) is 131 Å². The number of nitrogens with zero attached hydrogens (tertiary/aromatic N) is 1. The van der Waals surface area contributed by atoms with Gasteiger partial charge in [-0.2, -0.15) is 5.26 Å². The Morgan fingerprint density at radius 1 is 0.975 bits per heavy atom. The fourth-order valence-electron chi connectivity index (χ4n) is 3.64. The number of hydrogen-bond acceptors (Lipinski definition) is 9. The molecule has 10 nitrogen and oxygen atoms in total. The average molecular weight is 561 g/mol. The number of amides is 2. The SMILES string of the molecule is CCOc1ccc(NC(SCC(=O)NCc2ccc3c(c2)OCO3)=C(C#N)C(=O)Nc2cccc(OC)c2)cc1. The van der Waals surface area contributed by atoms with Crippen LogP contribution in [0.15, 0.2) is 77.3 Å². The third-order valence-corrected chi connectivity index (χ3v) is 6.59. The summed E-state index contributed by atoms with van der Waals surface area (Å²) in [4.78, 5) is 25.8. The second-order valence-electron chi connectivity index (χ2n) is 8.34. The van der Waals surface area contributed by atoms with Gasteiger partial charge in [0.25, 0.3) is 5.91 Å². The number of fused-ring (bicyclic) bond motifs is 1. The van der Waals surface area contributed by atoms with E-state index in [9.17, 15) is 14.9 Å². The van der Waals surface area contributed by atoms with Crippen molar-refractivity contribution in [3.8, 4) is 29.1 Å². The van der Waals surface area contributed by atoms with Crippen LogP contribution in [0.5, 0.6) is 23.0 Å². The van der Waals surface area contributed by atoms with Crippen LogP contribution in [0.1, 0.15) is 12.5 Å². The van der Waals surface area contributed by atoms with Crippen LogP contribution >= 0.6 is 11.8 Å². The maximum atomic E-state index is 13.1. The van der Waals surface area contributed by atoms with Gasteiger partial charge in [0.15, 0.2) is 11.5 Å². The van der Waals surface area contributed by atoms with Gasteiger partial charge in [-0.1, -0.05) is 23.9 Å². The first kappa shape index (κ1) is 28.2. The van der Waals surface area contributed by atoms with Crippen molar-refractivity contribution in [3.05, 3.63) is 82.9 Å². The third kappa shape index (κ3) is 7.61. The molecule has 3 N–H and O–H groups in total. The first-order valence-corrected chi connectivity index (χ1v) is 13.3. The largest absolute Gasteiger partial charge is 0.497 e. The summed E-state index contributed by atoms with van der Waals surface area (Å²) < 4.78 is 21.4. The van der Waals surface area contributed by atoms with Crippen LogP contribution in [-0.2, 0) is 16.1 Å². The van der Waals surface area contributed by atoms with Gasteiger partial charge in [0, 0.05) is 24.0 Å². The van der Waals surface area contributed by atoms with Gasteiger partial charge in [-0.25, -0.2) is 0 Å².